The minimum atomic E-state index is 0.556. The molecule has 0 aliphatic rings. The van der Waals surface area contributed by atoms with Gasteiger partial charge in [-0.3, -0.25) is 4.57 Å². The Balaban J connectivity index is 1.83. The Kier molecular flexibility index (Phi) is 5.17. The van der Waals surface area contributed by atoms with Crippen LogP contribution < -0.4 is 0 Å². The van der Waals surface area contributed by atoms with Crippen molar-refractivity contribution in [3.63, 3.8) is 0 Å². The van der Waals surface area contributed by atoms with Gasteiger partial charge in [-0.25, -0.2) is 0 Å². The Morgan fingerprint density at radius 2 is 1.70 bits per heavy atom. The van der Waals surface area contributed by atoms with Crippen molar-refractivity contribution < 1.29 is 0 Å². The monoisotopic (exact) mass is 383 g/mol. The van der Waals surface area contributed by atoms with Crippen molar-refractivity contribution in [3.05, 3.63) is 68.9 Å². The molecular weight excluding hydrogens is 373 g/mol. The fraction of sp³-hybridized carbons (Fsp3) is 0.125. The van der Waals surface area contributed by atoms with E-state index in [4.69, 9.17) is 34.8 Å². The zero-order valence-electron chi connectivity index (χ0n) is 12.1. The van der Waals surface area contributed by atoms with Crippen LogP contribution in [0.3, 0.4) is 0 Å². The van der Waals surface area contributed by atoms with Crippen LogP contribution >= 0.6 is 46.6 Å². The molecule has 0 radical (unpaired) electrons. The van der Waals surface area contributed by atoms with Crippen molar-refractivity contribution in [2.45, 2.75) is 17.8 Å². The maximum Gasteiger partial charge on any atom is 0.196 e. The molecule has 3 nitrogen and oxygen atoms in total. The zero-order chi connectivity index (χ0) is 16.4. The Hall–Kier alpha value is -1.20. The van der Waals surface area contributed by atoms with Crippen LogP contribution in [-0.2, 0) is 5.75 Å². The van der Waals surface area contributed by atoms with Crippen LogP contribution in [0.25, 0.3) is 5.69 Å². The zero-order valence-corrected chi connectivity index (χ0v) is 15.2. The molecular formula is C16H12Cl3N3S. The number of hydrogen-bond donors (Lipinski definition) is 0. The van der Waals surface area contributed by atoms with Crippen LogP contribution in [0.1, 0.15) is 11.4 Å². The normalized spacial score (nSPS) is 11.0. The van der Waals surface area contributed by atoms with E-state index in [1.807, 2.05) is 47.9 Å². The maximum atomic E-state index is 6.05. The number of aryl methyl sites for hydroxylation is 1. The molecule has 0 fully saturated rings. The summed E-state index contributed by atoms with van der Waals surface area (Å²) in [6.45, 7) is 1.92. The Morgan fingerprint density at radius 3 is 2.39 bits per heavy atom. The lowest BCUT2D eigenvalue weighted by Crippen LogP contribution is -1.99. The van der Waals surface area contributed by atoms with Crippen molar-refractivity contribution in [2.75, 3.05) is 0 Å². The molecule has 1 aromatic heterocycles. The van der Waals surface area contributed by atoms with Gasteiger partial charge in [0.1, 0.15) is 5.82 Å². The third-order valence-electron chi connectivity index (χ3n) is 3.23. The third-order valence-corrected chi connectivity index (χ3v) is 5.22. The number of rotatable bonds is 4. The van der Waals surface area contributed by atoms with Gasteiger partial charge in [-0.15, -0.1) is 10.2 Å². The Labute approximate surface area is 153 Å². The van der Waals surface area contributed by atoms with E-state index in [0.717, 1.165) is 28.0 Å². The first kappa shape index (κ1) is 16.7. The van der Waals surface area contributed by atoms with Gasteiger partial charge < -0.3 is 0 Å². The van der Waals surface area contributed by atoms with Crippen molar-refractivity contribution in [1.82, 2.24) is 14.8 Å². The van der Waals surface area contributed by atoms with E-state index in [0.29, 0.717) is 15.1 Å². The van der Waals surface area contributed by atoms with Crippen LogP contribution in [0.2, 0.25) is 15.1 Å². The lowest BCUT2D eigenvalue weighted by Gasteiger charge is -2.09. The number of aromatic nitrogens is 3. The summed E-state index contributed by atoms with van der Waals surface area (Å²) in [6, 6.07) is 13.2. The van der Waals surface area contributed by atoms with Gasteiger partial charge in [-0.05, 0) is 48.9 Å². The van der Waals surface area contributed by atoms with Crippen molar-refractivity contribution in [1.29, 1.82) is 0 Å². The topological polar surface area (TPSA) is 30.7 Å². The van der Waals surface area contributed by atoms with E-state index in [9.17, 15) is 0 Å². The molecule has 0 amide bonds. The second-order valence-corrected chi connectivity index (χ2v) is 7.07. The van der Waals surface area contributed by atoms with Gasteiger partial charge in [0.15, 0.2) is 5.16 Å². The highest BCUT2D eigenvalue weighted by atomic mass is 35.5. The minimum Gasteiger partial charge on any atom is -0.274 e. The molecule has 3 aromatic rings. The molecule has 0 spiro atoms. The summed E-state index contributed by atoms with van der Waals surface area (Å²) < 4.78 is 2.00. The summed E-state index contributed by atoms with van der Waals surface area (Å²) in [5.74, 6) is 1.55. The Morgan fingerprint density at radius 1 is 0.957 bits per heavy atom. The van der Waals surface area contributed by atoms with E-state index >= 15 is 0 Å². The van der Waals surface area contributed by atoms with Gasteiger partial charge in [0.25, 0.3) is 0 Å². The van der Waals surface area contributed by atoms with E-state index in [2.05, 4.69) is 10.2 Å². The SMILES string of the molecule is Cc1nnc(SCc2ccc(Cl)c(Cl)c2)n1-c1ccc(Cl)cc1. The van der Waals surface area contributed by atoms with E-state index in [1.54, 1.807) is 17.8 Å². The molecule has 2 aromatic carbocycles. The predicted molar refractivity (Wildman–Crippen MR) is 97.1 cm³/mol. The first-order chi connectivity index (χ1) is 11.0. The smallest absolute Gasteiger partial charge is 0.196 e. The second-order valence-electron chi connectivity index (χ2n) is 4.88. The predicted octanol–water partition coefficient (Wildman–Crippen LogP) is 5.83. The molecule has 0 aliphatic heterocycles. The summed E-state index contributed by atoms with van der Waals surface area (Å²) in [6.07, 6.45) is 0. The lowest BCUT2D eigenvalue weighted by molar-refractivity contribution is 0.868. The van der Waals surface area contributed by atoms with Crippen molar-refractivity contribution in [2.24, 2.45) is 0 Å². The van der Waals surface area contributed by atoms with Crippen LogP contribution in [0.15, 0.2) is 47.6 Å². The number of benzene rings is 2. The molecule has 0 bridgehead atoms. The van der Waals surface area contributed by atoms with E-state index in [-0.39, 0.29) is 0 Å². The molecule has 7 heteroatoms. The maximum absolute atomic E-state index is 6.05. The second kappa shape index (κ2) is 7.14. The Bertz CT molecular complexity index is 831. The standard InChI is InChI=1S/C16H12Cl3N3S/c1-10-20-21-16(22(10)13-5-3-12(17)4-6-13)23-9-11-2-7-14(18)15(19)8-11/h2-8H,9H2,1H3. The van der Waals surface area contributed by atoms with E-state index in [1.165, 1.54) is 0 Å². The minimum absolute atomic E-state index is 0.556. The fourth-order valence-corrected chi connectivity index (χ4v) is 3.49. The highest BCUT2D eigenvalue weighted by Gasteiger charge is 2.12. The molecule has 0 atom stereocenters. The highest BCUT2D eigenvalue weighted by molar-refractivity contribution is 7.98. The summed E-state index contributed by atoms with van der Waals surface area (Å²) in [5, 5.41) is 11.1. The van der Waals surface area contributed by atoms with E-state index < -0.39 is 0 Å². The largest absolute Gasteiger partial charge is 0.274 e. The average molecular weight is 385 g/mol. The summed E-state index contributed by atoms with van der Waals surface area (Å²) in [5.41, 5.74) is 2.06. The van der Waals surface area contributed by atoms with Crippen molar-refractivity contribution >= 4 is 46.6 Å². The number of nitrogens with zero attached hydrogens (tertiary/aromatic N) is 3. The molecule has 23 heavy (non-hydrogen) atoms. The van der Waals surface area contributed by atoms with Gasteiger partial charge in [0, 0.05) is 16.5 Å². The van der Waals surface area contributed by atoms with Crippen LogP contribution in [0.5, 0.6) is 0 Å². The summed E-state index contributed by atoms with van der Waals surface area (Å²) in [4.78, 5) is 0. The molecule has 118 valence electrons. The first-order valence-corrected chi connectivity index (χ1v) is 8.91. The van der Waals surface area contributed by atoms with Gasteiger partial charge in [-0.1, -0.05) is 52.6 Å². The molecule has 0 saturated heterocycles. The lowest BCUT2D eigenvalue weighted by atomic mass is 10.2. The van der Waals surface area contributed by atoms with Gasteiger partial charge in [0.05, 0.1) is 10.0 Å². The van der Waals surface area contributed by atoms with Crippen LogP contribution in [0, 0.1) is 6.92 Å². The number of thioether (sulfide) groups is 1. The first-order valence-electron chi connectivity index (χ1n) is 6.79. The molecule has 1 heterocycles. The van der Waals surface area contributed by atoms with Crippen LogP contribution in [-0.4, -0.2) is 14.8 Å². The van der Waals surface area contributed by atoms with Gasteiger partial charge in [0.2, 0.25) is 0 Å². The van der Waals surface area contributed by atoms with Gasteiger partial charge >= 0.3 is 0 Å². The van der Waals surface area contributed by atoms with Gasteiger partial charge in [-0.2, -0.15) is 0 Å². The average Bonchev–Trinajstić information content (AvgIpc) is 2.90. The molecule has 3 rings (SSSR count). The third kappa shape index (κ3) is 3.83. The summed E-state index contributed by atoms with van der Waals surface area (Å²) >= 11 is 19.5. The summed E-state index contributed by atoms with van der Waals surface area (Å²) in [7, 11) is 0. The fourth-order valence-electron chi connectivity index (χ4n) is 2.10. The number of halogens is 3. The molecule has 0 saturated carbocycles. The number of hydrogen-bond acceptors (Lipinski definition) is 3. The molecule has 0 aliphatic carbocycles. The van der Waals surface area contributed by atoms with Crippen molar-refractivity contribution in [3.8, 4) is 5.69 Å². The highest BCUT2D eigenvalue weighted by Crippen LogP contribution is 2.28. The van der Waals surface area contributed by atoms with Crippen LogP contribution in [0.4, 0.5) is 0 Å². The molecule has 0 unspecified atom stereocenters. The molecule has 0 N–H and O–H groups in total. The quantitative estimate of drug-likeness (QED) is 0.530.